The fourth-order valence-corrected chi connectivity index (χ4v) is 1.79. The molecule has 2 heterocycles. The molecule has 0 unspecified atom stereocenters. The van der Waals surface area contributed by atoms with Gasteiger partial charge in [0.05, 0.1) is 17.6 Å². The van der Waals surface area contributed by atoms with Crippen molar-refractivity contribution in [2.75, 3.05) is 11.1 Å². The molecular weight excluding hydrogens is 232 g/mol. The third-order valence-corrected chi connectivity index (χ3v) is 2.69. The number of nitrogens with two attached hydrogens (primary N) is 1. The molecule has 0 aliphatic heterocycles. The van der Waals surface area contributed by atoms with Crippen LogP contribution in [0.3, 0.4) is 0 Å². The highest BCUT2D eigenvalue weighted by atomic mass is 16.6. The standard InChI is InChI=1S/C11H12N6O/c1-17-6-7(5-14-17)4-13-9-3-2-8(12)10-11(9)16-18-15-10/h2-3,5-6,13H,4,12H2,1H3. The van der Waals surface area contributed by atoms with Gasteiger partial charge in [-0.25, -0.2) is 4.63 Å². The molecule has 3 aromatic rings. The van der Waals surface area contributed by atoms with Crippen LogP contribution in [0.2, 0.25) is 0 Å². The van der Waals surface area contributed by atoms with Crippen molar-refractivity contribution in [1.29, 1.82) is 0 Å². The number of nitrogens with one attached hydrogen (secondary N) is 1. The smallest absolute Gasteiger partial charge is 0.160 e. The van der Waals surface area contributed by atoms with Crippen LogP contribution in [-0.4, -0.2) is 20.1 Å². The minimum Gasteiger partial charge on any atom is -0.397 e. The third-order valence-electron chi connectivity index (χ3n) is 2.69. The minimum atomic E-state index is 0.554. The molecule has 18 heavy (non-hydrogen) atoms. The lowest BCUT2D eigenvalue weighted by molar-refractivity contribution is 0.316. The SMILES string of the molecule is Cn1cc(CNc2ccc(N)c3nonc23)cn1. The molecule has 0 aliphatic carbocycles. The van der Waals surface area contributed by atoms with E-state index in [1.165, 1.54) is 0 Å². The summed E-state index contributed by atoms with van der Waals surface area (Å²) in [6.45, 7) is 0.652. The molecule has 2 aromatic heterocycles. The zero-order valence-electron chi connectivity index (χ0n) is 9.79. The monoisotopic (exact) mass is 244 g/mol. The van der Waals surface area contributed by atoms with Crippen molar-refractivity contribution in [2.45, 2.75) is 6.54 Å². The Morgan fingerprint density at radius 3 is 2.94 bits per heavy atom. The molecule has 7 nitrogen and oxygen atoms in total. The summed E-state index contributed by atoms with van der Waals surface area (Å²) in [5.41, 5.74) is 9.46. The van der Waals surface area contributed by atoms with Crippen LogP contribution in [-0.2, 0) is 13.6 Å². The largest absolute Gasteiger partial charge is 0.397 e. The van der Waals surface area contributed by atoms with Gasteiger partial charge in [0.15, 0.2) is 11.0 Å². The highest BCUT2D eigenvalue weighted by Crippen LogP contribution is 2.25. The highest BCUT2D eigenvalue weighted by Gasteiger charge is 2.09. The van der Waals surface area contributed by atoms with Gasteiger partial charge in [0.2, 0.25) is 0 Å². The molecule has 7 heteroatoms. The Morgan fingerprint density at radius 1 is 1.33 bits per heavy atom. The third kappa shape index (κ3) is 1.75. The van der Waals surface area contributed by atoms with Gasteiger partial charge >= 0.3 is 0 Å². The van der Waals surface area contributed by atoms with Crippen LogP contribution in [0.15, 0.2) is 29.2 Å². The molecule has 0 saturated carbocycles. The fourth-order valence-electron chi connectivity index (χ4n) is 1.79. The maximum atomic E-state index is 5.78. The van der Waals surface area contributed by atoms with E-state index in [-0.39, 0.29) is 0 Å². The molecule has 0 aliphatic rings. The lowest BCUT2D eigenvalue weighted by atomic mass is 10.2. The van der Waals surface area contributed by atoms with Gasteiger partial charge in [-0.2, -0.15) is 5.10 Å². The first-order valence-corrected chi connectivity index (χ1v) is 5.46. The van der Waals surface area contributed by atoms with Gasteiger partial charge in [-0.1, -0.05) is 0 Å². The first kappa shape index (κ1) is 10.6. The van der Waals surface area contributed by atoms with E-state index in [0.29, 0.717) is 23.3 Å². The average molecular weight is 244 g/mol. The normalized spacial score (nSPS) is 10.9. The van der Waals surface area contributed by atoms with Crippen LogP contribution >= 0.6 is 0 Å². The van der Waals surface area contributed by atoms with E-state index >= 15 is 0 Å². The number of aromatic nitrogens is 4. The minimum absolute atomic E-state index is 0.554. The number of rotatable bonds is 3. The molecule has 0 atom stereocenters. The number of hydrogen-bond acceptors (Lipinski definition) is 6. The quantitative estimate of drug-likeness (QED) is 0.671. The van der Waals surface area contributed by atoms with Gasteiger partial charge in [0.1, 0.15) is 0 Å². The van der Waals surface area contributed by atoms with E-state index < -0.39 is 0 Å². The van der Waals surface area contributed by atoms with Crippen LogP contribution in [0, 0.1) is 0 Å². The molecule has 0 saturated heterocycles. The Kier molecular flexibility index (Phi) is 2.36. The number of nitrogens with zero attached hydrogens (tertiary/aromatic N) is 4. The maximum absolute atomic E-state index is 5.78. The highest BCUT2D eigenvalue weighted by molar-refractivity contribution is 5.94. The predicted octanol–water partition coefficient (Wildman–Crippen LogP) is 1.15. The zero-order valence-corrected chi connectivity index (χ0v) is 9.79. The van der Waals surface area contributed by atoms with Gasteiger partial charge in [-0.15, -0.1) is 0 Å². The Balaban J connectivity index is 1.86. The first-order chi connectivity index (χ1) is 8.74. The van der Waals surface area contributed by atoms with E-state index in [9.17, 15) is 0 Å². The predicted molar refractivity (Wildman–Crippen MR) is 66.8 cm³/mol. The van der Waals surface area contributed by atoms with E-state index in [4.69, 9.17) is 10.4 Å². The summed E-state index contributed by atoms with van der Waals surface area (Å²) in [5.74, 6) is 0. The average Bonchev–Trinajstić information content (AvgIpc) is 2.98. The number of aryl methyl sites for hydroxylation is 1. The van der Waals surface area contributed by atoms with E-state index in [1.54, 1.807) is 10.7 Å². The molecule has 3 rings (SSSR count). The lowest BCUT2D eigenvalue weighted by Crippen LogP contribution is -2.00. The molecule has 1 aromatic carbocycles. The fraction of sp³-hybridized carbons (Fsp3) is 0.182. The number of hydrogen-bond donors (Lipinski definition) is 2. The van der Waals surface area contributed by atoms with Crippen molar-refractivity contribution >= 4 is 22.4 Å². The van der Waals surface area contributed by atoms with Gasteiger partial charge in [0.25, 0.3) is 0 Å². The van der Waals surface area contributed by atoms with Crippen LogP contribution < -0.4 is 11.1 Å². The van der Waals surface area contributed by atoms with Crippen molar-refractivity contribution in [2.24, 2.45) is 7.05 Å². The van der Waals surface area contributed by atoms with Crippen molar-refractivity contribution in [3.05, 3.63) is 30.1 Å². The molecular formula is C11H12N6O. The van der Waals surface area contributed by atoms with Crippen LogP contribution in [0.25, 0.3) is 11.0 Å². The molecule has 92 valence electrons. The van der Waals surface area contributed by atoms with E-state index in [2.05, 4.69) is 20.7 Å². The lowest BCUT2D eigenvalue weighted by Gasteiger charge is -2.05. The van der Waals surface area contributed by atoms with Crippen molar-refractivity contribution in [3.63, 3.8) is 0 Å². The summed E-state index contributed by atoms with van der Waals surface area (Å²) in [4.78, 5) is 0. The second-order valence-corrected chi connectivity index (χ2v) is 4.04. The second-order valence-electron chi connectivity index (χ2n) is 4.04. The van der Waals surface area contributed by atoms with Gasteiger partial charge in [0, 0.05) is 25.4 Å². The van der Waals surface area contributed by atoms with Crippen molar-refractivity contribution in [3.8, 4) is 0 Å². The number of benzene rings is 1. The Labute approximate surface area is 103 Å². The summed E-state index contributed by atoms with van der Waals surface area (Å²) in [6.07, 6.45) is 3.76. The molecule has 0 spiro atoms. The molecule has 0 fully saturated rings. The van der Waals surface area contributed by atoms with E-state index in [0.717, 1.165) is 11.3 Å². The van der Waals surface area contributed by atoms with Gasteiger partial charge in [-0.3, -0.25) is 4.68 Å². The summed E-state index contributed by atoms with van der Waals surface area (Å²) >= 11 is 0. The topological polar surface area (TPSA) is 94.8 Å². The first-order valence-electron chi connectivity index (χ1n) is 5.46. The Hall–Kier alpha value is -2.57. The van der Waals surface area contributed by atoms with Crippen molar-refractivity contribution < 1.29 is 4.63 Å². The molecule has 3 N–H and O–H groups in total. The molecule has 0 bridgehead atoms. The Bertz CT molecular complexity index is 686. The van der Waals surface area contributed by atoms with Crippen LogP contribution in [0.1, 0.15) is 5.56 Å². The zero-order chi connectivity index (χ0) is 12.5. The maximum Gasteiger partial charge on any atom is 0.160 e. The molecule has 0 amide bonds. The van der Waals surface area contributed by atoms with Crippen LogP contribution in [0.5, 0.6) is 0 Å². The summed E-state index contributed by atoms with van der Waals surface area (Å²) in [5, 5.41) is 15.0. The van der Waals surface area contributed by atoms with E-state index in [1.807, 2.05) is 25.5 Å². The second kappa shape index (κ2) is 4.02. The summed E-state index contributed by atoms with van der Waals surface area (Å²) < 4.78 is 6.46. The van der Waals surface area contributed by atoms with Crippen LogP contribution in [0.4, 0.5) is 11.4 Å². The number of fused-ring (bicyclic) bond motifs is 1. The summed E-state index contributed by atoms with van der Waals surface area (Å²) in [7, 11) is 1.88. The van der Waals surface area contributed by atoms with Gasteiger partial charge < -0.3 is 11.1 Å². The number of anilines is 2. The summed E-state index contributed by atoms with van der Waals surface area (Å²) in [6, 6.07) is 3.64. The molecule has 0 radical (unpaired) electrons. The Morgan fingerprint density at radius 2 is 2.17 bits per heavy atom. The van der Waals surface area contributed by atoms with Crippen molar-refractivity contribution in [1.82, 2.24) is 20.1 Å². The van der Waals surface area contributed by atoms with Gasteiger partial charge in [-0.05, 0) is 22.4 Å². The number of nitrogen functional groups attached to an aromatic ring is 1.